The van der Waals surface area contributed by atoms with Gasteiger partial charge in [0, 0.05) is 13.0 Å². The van der Waals surface area contributed by atoms with Crippen molar-refractivity contribution in [1.82, 2.24) is 15.5 Å². The van der Waals surface area contributed by atoms with E-state index in [0.717, 1.165) is 21.6 Å². The average Bonchev–Trinajstić information content (AvgIpc) is 2.90. The van der Waals surface area contributed by atoms with E-state index in [2.05, 4.69) is 10.6 Å². The topological polar surface area (TPSA) is 87.7 Å². The van der Waals surface area contributed by atoms with E-state index in [4.69, 9.17) is 4.74 Å². The average molecular weight is 395 g/mol. The van der Waals surface area contributed by atoms with Crippen molar-refractivity contribution in [3.8, 4) is 5.75 Å². The molecule has 0 spiro atoms. The largest absolute Gasteiger partial charge is 0.496 e. The molecule has 0 aromatic heterocycles. The van der Waals surface area contributed by atoms with E-state index in [-0.39, 0.29) is 13.0 Å². The first-order valence-corrected chi connectivity index (χ1v) is 9.41. The smallest absolute Gasteiger partial charge is 0.325 e. The highest BCUT2D eigenvalue weighted by Crippen LogP contribution is 2.27. The second-order valence-electron chi connectivity index (χ2n) is 7.35. The lowest BCUT2D eigenvalue weighted by molar-refractivity contribution is -0.134. The van der Waals surface area contributed by atoms with Crippen LogP contribution in [0.1, 0.15) is 23.6 Å². The standard InChI is InChI=1S/C22H25N3O4/c1-15-8-4-5-10-17(15)13-23-19(26)14-25-20(27)22(2,24-21(25)28)12-16-9-6-7-11-18(16)29-3/h4-11H,12-14H2,1-3H3,(H,23,26)(H,24,28)/t22-/m1/s1. The number of carbonyl (C=O) groups excluding carboxylic acids is 3. The second-order valence-corrected chi connectivity index (χ2v) is 7.35. The molecule has 1 saturated heterocycles. The molecule has 152 valence electrons. The first-order valence-electron chi connectivity index (χ1n) is 9.41. The van der Waals surface area contributed by atoms with E-state index in [1.54, 1.807) is 20.1 Å². The Morgan fingerprint density at radius 2 is 1.76 bits per heavy atom. The van der Waals surface area contributed by atoms with Gasteiger partial charge >= 0.3 is 6.03 Å². The Morgan fingerprint density at radius 1 is 1.10 bits per heavy atom. The summed E-state index contributed by atoms with van der Waals surface area (Å²) in [6, 6.07) is 14.5. The summed E-state index contributed by atoms with van der Waals surface area (Å²) in [4.78, 5) is 38.6. The van der Waals surface area contributed by atoms with Crippen LogP contribution in [0, 0.1) is 6.92 Å². The molecule has 0 bridgehead atoms. The summed E-state index contributed by atoms with van der Waals surface area (Å²) in [6.45, 7) is 3.64. The molecule has 2 aromatic rings. The highest BCUT2D eigenvalue weighted by atomic mass is 16.5. The summed E-state index contributed by atoms with van der Waals surface area (Å²) in [5.74, 6) is -0.178. The number of ether oxygens (including phenoxy) is 1. The molecule has 1 heterocycles. The second kappa shape index (κ2) is 8.34. The van der Waals surface area contributed by atoms with E-state index >= 15 is 0 Å². The van der Waals surface area contributed by atoms with E-state index < -0.39 is 23.4 Å². The molecule has 4 amide bonds. The van der Waals surface area contributed by atoms with Crippen molar-refractivity contribution >= 4 is 17.8 Å². The summed E-state index contributed by atoms with van der Waals surface area (Å²) in [5, 5.41) is 5.49. The number of amides is 4. The van der Waals surface area contributed by atoms with Crippen LogP contribution in [-0.2, 0) is 22.6 Å². The number of carbonyl (C=O) groups is 3. The van der Waals surface area contributed by atoms with E-state index in [1.807, 2.05) is 49.4 Å². The van der Waals surface area contributed by atoms with Crippen LogP contribution < -0.4 is 15.4 Å². The zero-order valence-electron chi connectivity index (χ0n) is 16.8. The molecular formula is C22H25N3O4. The molecule has 0 unspecified atom stereocenters. The molecule has 7 heteroatoms. The van der Waals surface area contributed by atoms with Crippen LogP contribution in [-0.4, -0.2) is 41.9 Å². The van der Waals surface area contributed by atoms with Crippen LogP contribution in [0.5, 0.6) is 5.75 Å². The quantitative estimate of drug-likeness (QED) is 0.704. The number of nitrogens with zero attached hydrogens (tertiary/aromatic N) is 1. The summed E-state index contributed by atoms with van der Waals surface area (Å²) in [7, 11) is 1.56. The van der Waals surface area contributed by atoms with Gasteiger partial charge in [0.05, 0.1) is 7.11 Å². The van der Waals surface area contributed by atoms with E-state index in [0.29, 0.717) is 12.3 Å². The van der Waals surface area contributed by atoms with Gasteiger partial charge in [-0.3, -0.25) is 14.5 Å². The van der Waals surface area contributed by atoms with Crippen LogP contribution >= 0.6 is 0 Å². The van der Waals surface area contributed by atoms with Gasteiger partial charge in [-0.2, -0.15) is 0 Å². The number of urea groups is 1. The van der Waals surface area contributed by atoms with Gasteiger partial charge < -0.3 is 15.4 Å². The number of rotatable bonds is 7. The predicted octanol–water partition coefficient (Wildman–Crippen LogP) is 2.17. The fraction of sp³-hybridized carbons (Fsp3) is 0.318. The normalized spacial score (nSPS) is 18.5. The third-order valence-corrected chi connectivity index (χ3v) is 5.12. The SMILES string of the molecule is COc1ccccc1C[C@@]1(C)NC(=O)N(CC(=O)NCc2ccccc2C)C1=O. The van der Waals surface area contributed by atoms with Crippen LogP contribution in [0.15, 0.2) is 48.5 Å². The number of hydrogen-bond donors (Lipinski definition) is 2. The van der Waals surface area contributed by atoms with E-state index in [9.17, 15) is 14.4 Å². The minimum atomic E-state index is -1.14. The van der Waals surface area contributed by atoms with Gasteiger partial charge in [-0.05, 0) is 36.6 Å². The van der Waals surface area contributed by atoms with Gasteiger partial charge in [-0.1, -0.05) is 42.5 Å². The van der Waals surface area contributed by atoms with Gasteiger partial charge in [-0.15, -0.1) is 0 Å². The molecule has 1 fully saturated rings. The number of hydrogen-bond acceptors (Lipinski definition) is 4. The molecule has 2 aromatic carbocycles. The zero-order valence-corrected chi connectivity index (χ0v) is 16.8. The lowest BCUT2D eigenvalue weighted by Gasteiger charge is -2.22. The van der Waals surface area contributed by atoms with Gasteiger partial charge in [0.25, 0.3) is 5.91 Å². The first-order chi connectivity index (χ1) is 13.8. The Labute approximate surface area is 170 Å². The Bertz CT molecular complexity index is 943. The Morgan fingerprint density at radius 3 is 2.45 bits per heavy atom. The number of imide groups is 1. The van der Waals surface area contributed by atoms with Gasteiger partial charge in [-0.25, -0.2) is 4.79 Å². The fourth-order valence-electron chi connectivity index (χ4n) is 3.44. The molecule has 1 aliphatic heterocycles. The lowest BCUT2D eigenvalue weighted by atomic mass is 9.92. The Kier molecular flexibility index (Phi) is 5.87. The lowest BCUT2D eigenvalue weighted by Crippen LogP contribution is -2.46. The van der Waals surface area contributed by atoms with Crippen molar-refractivity contribution < 1.29 is 19.1 Å². The summed E-state index contributed by atoms with van der Waals surface area (Å²) < 4.78 is 5.34. The van der Waals surface area contributed by atoms with E-state index in [1.165, 1.54) is 0 Å². The monoisotopic (exact) mass is 395 g/mol. The molecule has 0 radical (unpaired) electrons. The molecule has 1 atom stereocenters. The molecular weight excluding hydrogens is 370 g/mol. The fourth-order valence-corrected chi connectivity index (χ4v) is 3.44. The van der Waals surface area contributed by atoms with Crippen LogP contribution in [0.3, 0.4) is 0 Å². The zero-order chi connectivity index (χ0) is 21.0. The highest BCUT2D eigenvalue weighted by Gasteiger charge is 2.48. The van der Waals surface area contributed by atoms with Crippen LogP contribution in [0.4, 0.5) is 4.79 Å². The van der Waals surface area contributed by atoms with Gasteiger partial charge in [0.15, 0.2) is 0 Å². The van der Waals surface area contributed by atoms with Gasteiger partial charge in [0.1, 0.15) is 17.8 Å². The van der Waals surface area contributed by atoms with Crippen LogP contribution in [0.2, 0.25) is 0 Å². The number of nitrogens with one attached hydrogen (secondary N) is 2. The van der Waals surface area contributed by atoms with Gasteiger partial charge in [0.2, 0.25) is 5.91 Å². The Hall–Kier alpha value is -3.35. The maximum Gasteiger partial charge on any atom is 0.325 e. The molecule has 3 rings (SSSR count). The maximum absolute atomic E-state index is 12.9. The molecule has 0 saturated carbocycles. The number of benzene rings is 2. The van der Waals surface area contributed by atoms with Crippen molar-refractivity contribution in [3.05, 3.63) is 65.2 Å². The summed E-state index contributed by atoms with van der Waals surface area (Å²) >= 11 is 0. The van der Waals surface area contributed by atoms with Crippen molar-refractivity contribution in [2.24, 2.45) is 0 Å². The molecule has 2 N–H and O–H groups in total. The maximum atomic E-state index is 12.9. The molecule has 1 aliphatic rings. The Balaban J connectivity index is 1.65. The summed E-state index contributed by atoms with van der Waals surface area (Å²) in [6.07, 6.45) is 0.267. The first kappa shape index (κ1) is 20.4. The third kappa shape index (κ3) is 4.39. The predicted molar refractivity (Wildman–Crippen MR) is 108 cm³/mol. The molecule has 0 aliphatic carbocycles. The van der Waals surface area contributed by atoms with Crippen molar-refractivity contribution in [2.75, 3.05) is 13.7 Å². The number of methoxy groups -OCH3 is 1. The minimum Gasteiger partial charge on any atom is -0.496 e. The highest BCUT2D eigenvalue weighted by molar-refractivity contribution is 6.09. The number of aryl methyl sites for hydroxylation is 1. The third-order valence-electron chi connectivity index (χ3n) is 5.12. The number of para-hydroxylation sites is 1. The van der Waals surface area contributed by atoms with Crippen molar-refractivity contribution in [3.63, 3.8) is 0 Å². The van der Waals surface area contributed by atoms with Crippen molar-refractivity contribution in [2.45, 2.75) is 32.4 Å². The minimum absolute atomic E-state index is 0.267. The summed E-state index contributed by atoms with van der Waals surface area (Å²) in [5.41, 5.74) is 1.71. The van der Waals surface area contributed by atoms with Crippen LogP contribution in [0.25, 0.3) is 0 Å². The van der Waals surface area contributed by atoms with Crippen molar-refractivity contribution in [1.29, 1.82) is 0 Å². The molecule has 7 nitrogen and oxygen atoms in total. The molecule has 29 heavy (non-hydrogen) atoms.